The van der Waals surface area contributed by atoms with Crippen molar-refractivity contribution >= 4 is 0 Å². The van der Waals surface area contributed by atoms with Gasteiger partial charge in [0.2, 0.25) is 5.72 Å². The molecule has 2 N–H and O–H groups in total. The summed E-state index contributed by atoms with van der Waals surface area (Å²) in [6, 6.07) is 9.70. The lowest BCUT2D eigenvalue weighted by molar-refractivity contribution is -0.246. The number of fused-ring (bicyclic) bond motifs is 1. The Balaban J connectivity index is 1.64. The van der Waals surface area contributed by atoms with Crippen LogP contribution in [0.5, 0.6) is 0 Å². The van der Waals surface area contributed by atoms with Gasteiger partial charge in [0.1, 0.15) is 18.3 Å². The molecule has 2 aliphatic rings. The minimum absolute atomic E-state index is 0.175. The minimum atomic E-state index is -1.55. The summed E-state index contributed by atoms with van der Waals surface area (Å²) in [5, 5.41) is 10.3. The predicted octanol–water partition coefficient (Wildman–Crippen LogP) is 0.626. The second-order valence-corrected chi connectivity index (χ2v) is 8.12. The van der Waals surface area contributed by atoms with Gasteiger partial charge in [0.05, 0.1) is 19.8 Å². The van der Waals surface area contributed by atoms with E-state index < -0.39 is 47.7 Å². The van der Waals surface area contributed by atoms with E-state index in [2.05, 4.69) is 4.98 Å². The van der Waals surface area contributed by atoms with Crippen LogP contribution in [0.3, 0.4) is 0 Å². The fraction of sp³-hybridized carbons (Fsp3) is 0.524. The molecule has 4 rings (SSSR count). The molecule has 0 unspecified atom stereocenters. The number of aliphatic hydroxyl groups excluding tert-OH is 1. The Labute approximate surface area is 173 Å². The normalized spacial score (nSPS) is 29.8. The van der Waals surface area contributed by atoms with Crippen molar-refractivity contribution in [1.29, 1.82) is 0 Å². The first-order valence-corrected chi connectivity index (χ1v) is 9.85. The van der Waals surface area contributed by atoms with Crippen LogP contribution in [0.15, 0.2) is 46.1 Å². The van der Waals surface area contributed by atoms with Gasteiger partial charge in [0, 0.05) is 11.8 Å². The van der Waals surface area contributed by atoms with Gasteiger partial charge in [-0.15, -0.1) is 0 Å². The third-order valence-electron chi connectivity index (χ3n) is 5.44. The zero-order chi connectivity index (χ0) is 21.5. The summed E-state index contributed by atoms with van der Waals surface area (Å²) in [5.41, 5.74) is -1.42. The maximum atomic E-state index is 12.6. The van der Waals surface area contributed by atoms with Gasteiger partial charge in [0.15, 0.2) is 5.79 Å². The molecule has 4 atom stereocenters. The molecule has 2 aliphatic heterocycles. The number of ether oxygens (including phenoxy) is 4. The van der Waals surface area contributed by atoms with Crippen LogP contribution in [-0.4, -0.2) is 52.0 Å². The Morgan fingerprint density at radius 2 is 1.90 bits per heavy atom. The summed E-state index contributed by atoms with van der Waals surface area (Å²) in [7, 11) is 0. The molecule has 9 heteroatoms. The van der Waals surface area contributed by atoms with E-state index in [4.69, 9.17) is 18.9 Å². The molecule has 9 nitrogen and oxygen atoms in total. The molecule has 0 amide bonds. The van der Waals surface area contributed by atoms with Crippen LogP contribution in [0.25, 0.3) is 0 Å². The largest absolute Gasteiger partial charge is 0.391 e. The number of nitrogens with zero attached hydrogens (tertiary/aromatic N) is 1. The summed E-state index contributed by atoms with van der Waals surface area (Å²) in [4.78, 5) is 26.7. The van der Waals surface area contributed by atoms with Crippen LogP contribution < -0.4 is 11.2 Å². The van der Waals surface area contributed by atoms with Crippen molar-refractivity contribution in [1.82, 2.24) is 9.55 Å². The standard InChI is InChI=1S/C21H26N2O7/c1-13-9-23(19(26)22-18(13)25)21(12-24)17-16(29-20(2,3)30-17)15(28-21)11-27-10-14-7-5-4-6-8-14/h4-9,15-17,24H,10-12H2,1-3H3,(H,22,25,26)/t15-,16-,17-,21-/m1/s1. The molecule has 0 aliphatic carbocycles. The molecule has 0 spiro atoms. The lowest BCUT2D eigenvalue weighted by Crippen LogP contribution is -2.54. The number of aliphatic hydroxyl groups is 1. The molecule has 2 saturated heterocycles. The van der Waals surface area contributed by atoms with E-state index in [1.54, 1.807) is 20.8 Å². The first kappa shape index (κ1) is 21.0. The van der Waals surface area contributed by atoms with E-state index in [9.17, 15) is 14.7 Å². The van der Waals surface area contributed by atoms with Crippen molar-refractivity contribution in [3.8, 4) is 0 Å². The molecule has 1 aromatic heterocycles. The molecular formula is C21H26N2O7. The molecule has 162 valence electrons. The predicted molar refractivity (Wildman–Crippen MR) is 106 cm³/mol. The topological polar surface area (TPSA) is 112 Å². The van der Waals surface area contributed by atoms with Gasteiger partial charge in [-0.25, -0.2) is 4.79 Å². The average molecular weight is 418 g/mol. The summed E-state index contributed by atoms with van der Waals surface area (Å²) < 4.78 is 25.3. The third-order valence-corrected chi connectivity index (χ3v) is 5.44. The number of benzene rings is 1. The van der Waals surface area contributed by atoms with E-state index in [-0.39, 0.29) is 6.61 Å². The Kier molecular flexibility index (Phi) is 5.41. The van der Waals surface area contributed by atoms with Crippen molar-refractivity contribution in [2.24, 2.45) is 0 Å². The number of hydrogen-bond acceptors (Lipinski definition) is 7. The molecule has 0 saturated carbocycles. The van der Waals surface area contributed by atoms with Crippen molar-refractivity contribution < 1.29 is 24.1 Å². The second kappa shape index (κ2) is 7.75. The molecule has 2 aromatic rings. The number of hydrogen-bond donors (Lipinski definition) is 2. The molecule has 0 radical (unpaired) electrons. The van der Waals surface area contributed by atoms with Gasteiger partial charge >= 0.3 is 5.69 Å². The highest BCUT2D eigenvalue weighted by atomic mass is 16.8. The smallest absolute Gasteiger partial charge is 0.330 e. The zero-order valence-electron chi connectivity index (χ0n) is 17.2. The Morgan fingerprint density at radius 1 is 1.17 bits per heavy atom. The molecular weight excluding hydrogens is 392 g/mol. The monoisotopic (exact) mass is 418 g/mol. The SMILES string of the molecule is Cc1cn([C@]2(CO)O[C@H](COCc3ccccc3)[C@H]3OC(C)(C)O[C@H]32)c(=O)[nH]c1=O. The van der Waals surface area contributed by atoms with Gasteiger partial charge in [-0.3, -0.25) is 14.3 Å². The third kappa shape index (κ3) is 3.63. The van der Waals surface area contributed by atoms with E-state index in [0.717, 1.165) is 5.56 Å². The number of aromatic amines is 1. The van der Waals surface area contributed by atoms with Crippen molar-refractivity contribution in [2.45, 2.75) is 57.2 Å². The molecule has 3 heterocycles. The van der Waals surface area contributed by atoms with Gasteiger partial charge < -0.3 is 24.1 Å². The molecule has 1 aromatic carbocycles. The Morgan fingerprint density at radius 3 is 2.60 bits per heavy atom. The number of aromatic nitrogens is 2. The Bertz CT molecular complexity index is 1020. The summed E-state index contributed by atoms with van der Waals surface area (Å²) >= 11 is 0. The zero-order valence-corrected chi connectivity index (χ0v) is 17.2. The lowest BCUT2D eigenvalue weighted by atomic mass is 10.0. The van der Waals surface area contributed by atoms with Gasteiger partial charge in [-0.05, 0) is 26.3 Å². The van der Waals surface area contributed by atoms with Crippen LogP contribution in [0.4, 0.5) is 0 Å². The van der Waals surface area contributed by atoms with Crippen LogP contribution in [0.2, 0.25) is 0 Å². The average Bonchev–Trinajstić information content (AvgIpc) is 3.18. The highest BCUT2D eigenvalue weighted by Gasteiger charge is 2.64. The van der Waals surface area contributed by atoms with Gasteiger partial charge in [-0.1, -0.05) is 30.3 Å². The quantitative estimate of drug-likeness (QED) is 0.707. The van der Waals surface area contributed by atoms with Crippen LogP contribution in [-0.2, 0) is 31.3 Å². The number of H-pyrrole nitrogens is 1. The summed E-state index contributed by atoms with van der Waals surface area (Å²) in [6.45, 7) is 5.10. The maximum absolute atomic E-state index is 12.6. The first-order chi connectivity index (χ1) is 14.3. The Hall–Kier alpha value is -2.30. The van der Waals surface area contributed by atoms with Gasteiger partial charge in [-0.2, -0.15) is 0 Å². The molecule has 0 bridgehead atoms. The molecule has 30 heavy (non-hydrogen) atoms. The van der Waals surface area contributed by atoms with Crippen LogP contribution >= 0.6 is 0 Å². The minimum Gasteiger partial charge on any atom is -0.391 e. The van der Waals surface area contributed by atoms with E-state index >= 15 is 0 Å². The van der Waals surface area contributed by atoms with Crippen molar-refractivity contribution in [2.75, 3.05) is 13.2 Å². The van der Waals surface area contributed by atoms with Gasteiger partial charge in [0.25, 0.3) is 5.56 Å². The number of aryl methyl sites for hydroxylation is 1. The number of nitrogens with one attached hydrogen (secondary N) is 1. The van der Waals surface area contributed by atoms with Crippen LogP contribution in [0, 0.1) is 6.92 Å². The van der Waals surface area contributed by atoms with E-state index in [0.29, 0.717) is 12.2 Å². The fourth-order valence-corrected chi connectivity index (χ4v) is 4.05. The highest BCUT2D eigenvalue weighted by molar-refractivity contribution is 5.14. The van der Waals surface area contributed by atoms with Crippen LogP contribution in [0.1, 0.15) is 25.0 Å². The van der Waals surface area contributed by atoms with E-state index in [1.807, 2.05) is 30.3 Å². The molecule has 2 fully saturated rings. The summed E-state index contributed by atoms with van der Waals surface area (Å²) in [5.74, 6) is -0.932. The summed E-state index contributed by atoms with van der Waals surface area (Å²) in [6.07, 6.45) is -0.560. The lowest BCUT2D eigenvalue weighted by Gasteiger charge is -2.34. The van der Waals surface area contributed by atoms with Crippen molar-refractivity contribution in [3.05, 3.63) is 68.5 Å². The second-order valence-electron chi connectivity index (χ2n) is 8.12. The first-order valence-electron chi connectivity index (χ1n) is 9.85. The fourth-order valence-electron chi connectivity index (χ4n) is 4.05. The number of rotatable bonds is 6. The van der Waals surface area contributed by atoms with E-state index in [1.165, 1.54) is 10.8 Å². The van der Waals surface area contributed by atoms with Crippen molar-refractivity contribution in [3.63, 3.8) is 0 Å². The highest BCUT2D eigenvalue weighted by Crippen LogP contribution is 2.46. The maximum Gasteiger partial charge on any atom is 0.330 e.